The van der Waals surface area contributed by atoms with Crippen molar-refractivity contribution >= 4 is 5.97 Å². The molecule has 1 N–H and O–H groups in total. The molecule has 0 saturated heterocycles. The standard InChI is InChI=1S/C14H27NO3/c1-4-5-6-7-10-18-11-14(2,13(16)17-3)15-12-8-9-12/h12,15H,4-11H2,1-3H3. The fourth-order valence-electron chi connectivity index (χ4n) is 1.97. The summed E-state index contributed by atoms with van der Waals surface area (Å²) in [5, 5.41) is 3.32. The Bertz CT molecular complexity index is 253. The predicted octanol–water partition coefficient (Wildman–Crippen LogP) is 2.27. The van der Waals surface area contributed by atoms with Crippen molar-refractivity contribution in [1.29, 1.82) is 0 Å². The van der Waals surface area contributed by atoms with Crippen LogP contribution in [0.5, 0.6) is 0 Å². The third-order valence-electron chi connectivity index (χ3n) is 3.27. The quantitative estimate of drug-likeness (QED) is 0.482. The molecular formula is C14H27NO3. The molecule has 0 amide bonds. The first-order valence-electron chi connectivity index (χ1n) is 7.06. The average Bonchev–Trinajstić information content (AvgIpc) is 3.16. The fraction of sp³-hybridized carbons (Fsp3) is 0.929. The molecule has 0 aromatic heterocycles. The van der Waals surface area contributed by atoms with Crippen molar-refractivity contribution in [2.45, 2.75) is 64.0 Å². The van der Waals surface area contributed by atoms with E-state index in [0.29, 0.717) is 12.6 Å². The lowest BCUT2D eigenvalue weighted by Gasteiger charge is -2.27. The van der Waals surface area contributed by atoms with Crippen LogP contribution in [0, 0.1) is 0 Å². The SMILES string of the molecule is CCCCCCOCC(C)(NC1CC1)C(=O)OC. The second-order valence-corrected chi connectivity index (χ2v) is 5.36. The van der Waals surface area contributed by atoms with Gasteiger partial charge < -0.3 is 9.47 Å². The van der Waals surface area contributed by atoms with Gasteiger partial charge in [-0.2, -0.15) is 0 Å². The third kappa shape index (κ3) is 5.36. The summed E-state index contributed by atoms with van der Waals surface area (Å²) >= 11 is 0. The van der Waals surface area contributed by atoms with Crippen LogP contribution in [0.1, 0.15) is 52.4 Å². The van der Waals surface area contributed by atoms with Crippen molar-refractivity contribution in [2.24, 2.45) is 0 Å². The Morgan fingerprint density at radius 1 is 1.33 bits per heavy atom. The Labute approximate surface area is 110 Å². The van der Waals surface area contributed by atoms with Crippen LogP contribution >= 0.6 is 0 Å². The lowest BCUT2D eigenvalue weighted by molar-refractivity contribution is -0.150. The van der Waals surface area contributed by atoms with Gasteiger partial charge in [0.2, 0.25) is 0 Å². The summed E-state index contributed by atoms with van der Waals surface area (Å²) in [6.07, 6.45) is 7.02. The minimum Gasteiger partial charge on any atom is -0.468 e. The number of unbranched alkanes of at least 4 members (excludes halogenated alkanes) is 3. The number of carbonyl (C=O) groups excluding carboxylic acids is 1. The van der Waals surface area contributed by atoms with Crippen molar-refractivity contribution in [2.75, 3.05) is 20.3 Å². The minimum absolute atomic E-state index is 0.233. The summed E-state index contributed by atoms with van der Waals surface area (Å²) in [6.45, 7) is 5.17. The van der Waals surface area contributed by atoms with E-state index in [1.54, 1.807) is 0 Å². The monoisotopic (exact) mass is 257 g/mol. The van der Waals surface area contributed by atoms with Gasteiger partial charge in [0, 0.05) is 12.6 Å². The van der Waals surface area contributed by atoms with Gasteiger partial charge in [0.25, 0.3) is 0 Å². The van der Waals surface area contributed by atoms with E-state index in [1.807, 2.05) is 6.92 Å². The summed E-state index contributed by atoms with van der Waals surface area (Å²) in [5.74, 6) is -0.233. The minimum atomic E-state index is -0.694. The van der Waals surface area contributed by atoms with Gasteiger partial charge in [-0.3, -0.25) is 5.32 Å². The van der Waals surface area contributed by atoms with Gasteiger partial charge in [-0.05, 0) is 26.2 Å². The van der Waals surface area contributed by atoms with E-state index in [9.17, 15) is 4.79 Å². The number of carbonyl (C=O) groups is 1. The molecule has 1 fully saturated rings. The van der Waals surface area contributed by atoms with E-state index in [4.69, 9.17) is 9.47 Å². The highest BCUT2D eigenvalue weighted by molar-refractivity contribution is 5.80. The largest absolute Gasteiger partial charge is 0.468 e. The van der Waals surface area contributed by atoms with Gasteiger partial charge >= 0.3 is 5.97 Å². The predicted molar refractivity (Wildman–Crippen MR) is 71.5 cm³/mol. The fourth-order valence-corrected chi connectivity index (χ4v) is 1.97. The second kappa shape index (κ2) is 7.74. The van der Waals surface area contributed by atoms with Gasteiger partial charge in [-0.15, -0.1) is 0 Å². The van der Waals surface area contributed by atoms with E-state index in [0.717, 1.165) is 25.9 Å². The number of methoxy groups -OCH3 is 1. The van der Waals surface area contributed by atoms with Gasteiger partial charge in [0.05, 0.1) is 13.7 Å². The topological polar surface area (TPSA) is 47.6 Å². The molecule has 0 aromatic carbocycles. The molecule has 0 bridgehead atoms. The highest BCUT2D eigenvalue weighted by Crippen LogP contribution is 2.23. The van der Waals surface area contributed by atoms with Gasteiger partial charge in [-0.25, -0.2) is 4.79 Å². The van der Waals surface area contributed by atoms with Crippen LogP contribution in [0.2, 0.25) is 0 Å². The number of nitrogens with one attached hydrogen (secondary N) is 1. The van der Waals surface area contributed by atoms with Crippen molar-refractivity contribution in [1.82, 2.24) is 5.32 Å². The Morgan fingerprint density at radius 3 is 2.61 bits per heavy atom. The van der Waals surface area contributed by atoms with Crippen LogP contribution in [0.15, 0.2) is 0 Å². The summed E-state index contributed by atoms with van der Waals surface area (Å²) in [7, 11) is 1.43. The summed E-state index contributed by atoms with van der Waals surface area (Å²) in [5.41, 5.74) is -0.694. The zero-order valence-electron chi connectivity index (χ0n) is 12.0. The first-order chi connectivity index (χ1) is 8.62. The molecule has 1 unspecified atom stereocenters. The van der Waals surface area contributed by atoms with Crippen molar-refractivity contribution in [3.8, 4) is 0 Å². The Kier molecular flexibility index (Phi) is 6.65. The summed E-state index contributed by atoms with van der Waals surface area (Å²) in [6, 6.07) is 0.456. The molecule has 106 valence electrons. The first-order valence-corrected chi connectivity index (χ1v) is 7.06. The number of ether oxygens (including phenoxy) is 2. The maximum Gasteiger partial charge on any atom is 0.328 e. The van der Waals surface area contributed by atoms with Crippen LogP contribution in [0.3, 0.4) is 0 Å². The van der Waals surface area contributed by atoms with Crippen LogP contribution in [0.4, 0.5) is 0 Å². The van der Waals surface area contributed by atoms with Crippen LogP contribution in [0.25, 0.3) is 0 Å². The van der Waals surface area contributed by atoms with E-state index in [1.165, 1.54) is 26.4 Å². The van der Waals surface area contributed by atoms with Crippen LogP contribution in [-0.4, -0.2) is 37.9 Å². The molecule has 0 spiro atoms. The van der Waals surface area contributed by atoms with Crippen LogP contribution < -0.4 is 5.32 Å². The molecule has 4 nitrogen and oxygen atoms in total. The van der Waals surface area contributed by atoms with E-state index in [2.05, 4.69) is 12.2 Å². The lowest BCUT2D eigenvalue weighted by atomic mass is 10.0. The van der Waals surface area contributed by atoms with Crippen molar-refractivity contribution < 1.29 is 14.3 Å². The Hall–Kier alpha value is -0.610. The molecule has 1 aliphatic carbocycles. The maximum absolute atomic E-state index is 11.8. The number of esters is 1. The van der Waals surface area contributed by atoms with Gasteiger partial charge in [0.1, 0.15) is 5.54 Å². The number of hydrogen-bond donors (Lipinski definition) is 1. The second-order valence-electron chi connectivity index (χ2n) is 5.36. The van der Waals surface area contributed by atoms with Gasteiger partial charge in [-0.1, -0.05) is 26.2 Å². The molecule has 0 heterocycles. The summed E-state index contributed by atoms with van der Waals surface area (Å²) in [4.78, 5) is 11.8. The number of rotatable bonds is 10. The molecule has 1 atom stereocenters. The van der Waals surface area contributed by atoms with E-state index < -0.39 is 5.54 Å². The van der Waals surface area contributed by atoms with Gasteiger partial charge in [0.15, 0.2) is 0 Å². The molecule has 0 aliphatic heterocycles. The molecule has 0 radical (unpaired) electrons. The Morgan fingerprint density at radius 2 is 2.06 bits per heavy atom. The molecule has 1 rings (SSSR count). The first kappa shape index (κ1) is 15.4. The average molecular weight is 257 g/mol. The zero-order chi connectivity index (χ0) is 13.4. The highest BCUT2D eigenvalue weighted by atomic mass is 16.5. The molecule has 1 aliphatic rings. The van der Waals surface area contributed by atoms with Crippen LogP contribution in [-0.2, 0) is 14.3 Å². The number of hydrogen-bond acceptors (Lipinski definition) is 4. The van der Waals surface area contributed by atoms with E-state index >= 15 is 0 Å². The molecular weight excluding hydrogens is 230 g/mol. The molecule has 4 heteroatoms. The normalized spacial score (nSPS) is 18.4. The summed E-state index contributed by atoms with van der Waals surface area (Å²) < 4.78 is 10.5. The zero-order valence-corrected chi connectivity index (χ0v) is 12.0. The molecule has 0 aromatic rings. The third-order valence-corrected chi connectivity index (χ3v) is 3.27. The van der Waals surface area contributed by atoms with Crippen molar-refractivity contribution in [3.05, 3.63) is 0 Å². The maximum atomic E-state index is 11.8. The Balaban J connectivity index is 2.25. The molecule has 18 heavy (non-hydrogen) atoms. The van der Waals surface area contributed by atoms with Crippen molar-refractivity contribution in [3.63, 3.8) is 0 Å². The highest BCUT2D eigenvalue weighted by Gasteiger charge is 2.39. The smallest absolute Gasteiger partial charge is 0.328 e. The van der Waals surface area contributed by atoms with E-state index in [-0.39, 0.29) is 5.97 Å². The lowest BCUT2D eigenvalue weighted by Crippen LogP contribution is -2.54. The molecule has 1 saturated carbocycles.